The van der Waals surface area contributed by atoms with Gasteiger partial charge in [-0.05, 0) is 36.6 Å². The number of rotatable bonds is 7. The molecule has 0 aliphatic carbocycles. The fraction of sp³-hybridized carbons (Fsp3) is 0.263. The van der Waals surface area contributed by atoms with Crippen molar-refractivity contribution in [3.05, 3.63) is 71.7 Å². The molecule has 2 heterocycles. The zero-order chi connectivity index (χ0) is 17.5. The Kier molecular flexibility index (Phi) is 5.51. The van der Waals surface area contributed by atoms with Crippen LogP contribution in [0.25, 0.3) is 0 Å². The number of aryl methyl sites for hydroxylation is 1. The van der Waals surface area contributed by atoms with Crippen LogP contribution in [0.15, 0.2) is 55.0 Å². The summed E-state index contributed by atoms with van der Waals surface area (Å²) in [6, 6.07) is 12.4. The van der Waals surface area contributed by atoms with Crippen LogP contribution in [-0.4, -0.2) is 33.8 Å². The molecule has 0 amide bonds. The number of nitrogens with one attached hydrogen (secondary N) is 1. The Morgan fingerprint density at radius 3 is 2.72 bits per heavy atom. The minimum Gasteiger partial charge on any atom is -0.358 e. The van der Waals surface area contributed by atoms with E-state index in [9.17, 15) is 0 Å². The van der Waals surface area contributed by atoms with Crippen molar-refractivity contribution in [2.75, 3.05) is 23.8 Å². The minimum absolute atomic E-state index is 0.537. The van der Waals surface area contributed by atoms with Gasteiger partial charge in [-0.3, -0.25) is 4.98 Å². The highest BCUT2D eigenvalue weighted by Crippen LogP contribution is 2.11. The Bertz CT molecular complexity index is 806. The number of aromatic nitrogens is 4. The quantitative estimate of drug-likeness (QED) is 0.717. The fourth-order valence-electron chi connectivity index (χ4n) is 2.52. The van der Waals surface area contributed by atoms with Crippen molar-refractivity contribution in [2.24, 2.45) is 0 Å². The fourth-order valence-corrected chi connectivity index (χ4v) is 2.52. The zero-order valence-corrected chi connectivity index (χ0v) is 14.6. The number of anilines is 2. The first-order valence-corrected chi connectivity index (χ1v) is 8.30. The Balaban J connectivity index is 1.58. The smallest absolute Gasteiger partial charge is 0.244 e. The molecule has 0 atom stereocenters. The summed E-state index contributed by atoms with van der Waals surface area (Å²) in [5.41, 5.74) is 3.68. The predicted octanol–water partition coefficient (Wildman–Crippen LogP) is 2.87. The van der Waals surface area contributed by atoms with Crippen molar-refractivity contribution in [3.63, 3.8) is 0 Å². The molecule has 2 aromatic heterocycles. The molecular formula is C19H22N6. The van der Waals surface area contributed by atoms with Crippen molar-refractivity contribution < 1.29 is 0 Å². The molecule has 0 saturated heterocycles. The Hall–Kier alpha value is -3.02. The SMILES string of the molecule is Cc1cccc(CNc2nncc(N(C)CCc3ccncc3)n2)c1. The normalized spacial score (nSPS) is 10.5. The Labute approximate surface area is 148 Å². The third-order valence-electron chi connectivity index (χ3n) is 3.96. The van der Waals surface area contributed by atoms with Gasteiger partial charge in [0.2, 0.25) is 5.95 Å². The summed E-state index contributed by atoms with van der Waals surface area (Å²) in [5.74, 6) is 1.34. The maximum Gasteiger partial charge on any atom is 0.244 e. The lowest BCUT2D eigenvalue weighted by atomic mass is 10.1. The molecule has 3 aromatic rings. The molecule has 6 heteroatoms. The van der Waals surface area contributed by atoms with Gasteiger partial charge >= 0.3 is 0 Å². The lowest BCUT2D eigenvalue weighted by Gasteiger charge is -2.18. The lowest BCUT2D eigenvalue weighted by Crippen LogP contribution is -2.22. The molecule has 0 spiro atoms. The van der Waals surface area contributed by atoms with Gasteiger partial charge in [0.1, 0.15) is 0 Å². The van der Waals surface area contributed by atoms with Gasteiger partial charge in [0, 0.05) is 32.5 Å². The van der Waals surface area contributed by atoms with Crippen LogP contribution in [0.1, 0.15) is 16.7 Å². The first-order chi connectivity index (χ1) is 12.2. The maximum absolute atomic E-state index is 4.55. The predicted molar refractivity (Wildman–Crippen MR) is 99.5 cm³/mol. The number of hydrogen-bond donors (Lipinski definition) is 1. The van der Waals surface area contributed by atoms with E-state index in [2.05, 4.69) is 61.6 Å². The van der Waals surface area contributed by atoms with Gasteiger partial charge in [-0.25, -0.2) is 0 Å². The standard InChI is InChI=1S/C19H22N6/c1-15-4-3-5-17(12-15)13-21-19-23-18(14-22-24-19)25(2)11-8-16-6-9-20-10-7-16/h3-7,9-10,12,14H,8,11,13H2,1-2H3,(H,21,23,24). The average Bonchev–Trinajstić information content (AvgIpc) is 2.65. The first kappa shape index (κ1) is 16.8. The van der Waals surface area contributed by atoms with E-state index in [1.54, 1.807) is 6.20 Å². The molecule has 0 saturated carbocycles. The number of pyridine rings is 1. The monoisotopic (exact) mass is 334 g/mol. The van der Waals surface area contributed by atoms with E-state index in [4.69, 9.17) is 0 Å². The average molecular weight is 334 g/mol. The lowest BCUT2D eigenvalue weighted by molar-refractivity contribution is 0.835. The number of nitrogens with zero attached hydrogens (tertiary/aromatic N) is 5. The molecule has 0 unspecified atom stereocenters. The van der Waals surface area contributed by atoms with Crippen LogP contribution >= 0.6 is 0 Å². The van der Waals surface area contributed by atoms with Gasteiger partial charge in [0.15, 0.2) is 5.82 Å². The van der Waals surface area contributed by atoms with Crippen molar-refractivity contribution >= 4 is 11.8 Å². The van der Waals surface area contributed by atoms with Crippen molar-refractivity contribution in [3.8, 4) is 0 Å². The van der Waals surface area contributed by atoms with Crippen LogP contribution in [0.5, 0.6) is 0 Å². The Morgan fingerprint density at radius 2 is 1.92 bits per heavy atom. The molecule has 0 fully saturated rings. The molecule has 0 aliphatic heterocycles. The topological polar surface area (TPSA) is 66.8 Å². The molecular weight excluding hydrogens is 312 g/mol. The highest BCUT2D eigenvalue weighted by atomic mass is 15.3. The summed E-state index contributed by atoms with van der Waals surface area (Å²) in [5, 5.41) is 11.4. The number of hydrogen-bond acceptors (Lipinski definition) is 6. The first-order valence-electron chi connectivity index (χ1n) is 8.30. The van der Waals surface area contributed by atoms with E-state index in [0.29, 0.717) is 12.5 Å². The van der Waals surface area contributed by atoms with E-state index in [-0.39, 0.29) is 0 Å². The van der Waals surface area contributed by atoms with E-state index in [1.807, 2.05) is 31.6 Å². The van der Waals surface area contributed by atoms with Crippen molar-refractivity contribution in [1.29, 1.82) is 0 Å². The molecule has 0 aliphatic rings. The van der Waals surface area contributed by atoms with Gasteiger partial charge in [-0.1, -0.05) is 29.8 Å². The molecule has 6 nitrogen and oxygen atoms in total. The third kappa shape index (κ3) is 4.97. The van der Waals surface area contributed by atoms with E-state index in [1.165, 1.54) is 16.7 Å². The van der Waals surface area contributed by atoms with Crippen LogP contribution in [0.2, 0.25) is 0 Å². The summed E-state index contributed by atoms with van der Waals surface area (Å²) in [4.78, 5) is 10.7. The van der Waals surface area contributed by atoms with Crippen LogP contribution in [0.4, 0.5) is 11.8 Å². The van der Waals surface area contributed by atoms with Crippen LogP contribution in [-0.2, 0) is 13.0 Å². The highest BCUT2D eigenvalue weighted by molar-refractivity contribution is 5.40. The summed E-state index contributed by atoms with van der Waals surface area (Å²) < 4.78 is 0. The number of likely N-dealkylation sites (N-methyl/N-ethyl adjacent to an activating group) is 1. The summed E-state index contributed by atoms with van der Waals surface area (Å²) in [6.07, 6.45) is 6.24. The molecule has 1 N–H and O–H groups in total. The van der Waals surface area contributed by atoms with Crippen LogP contribution in [0, 0.1) is 6.92 Å². The minimum atomic E-state index is 0.537. The van der Waals surface area contributed by atoms with Gasteiger partial charge in [0.05, 0.1) is 6.20 Å². The summed E-state index contributed by atoms with van der Waals surface area (Å²) in [7, 11) is 2.01. The molecule has 0 radical (unpaired) electrons. The number of benzene rings is 1. The summed E-state index contributed by atoms with van der Waals surface area (Å²) >= 11 is 0. The second-order valence-corrected chi connectivity index (χ2v) is 6.01. The van der Waals surface area contributed by atoms with Gasteiger partial charge in [-0.2, -0.15) is 10.1 Å². The van der Waals surface area contributed by atoms with Crippen LogP contribution < -0.4 is 10.2 Å². The third-order valence-corrected chi connectivity index (χ3v) is 3.96. The van der Waals surface area contributed by atoms with Crippen molar-refractivity contribution in [1.82, 2.24) is 20.2 Å². The second kappa shape index (κ2) is 8.19. The molecule has 0 bridgehead atoms. The van der Waals surface area contributed by atoms with Crippen molar-refractivity contribution in [2.45, 2.75) is 19.9 Å². The van der Waals surface area contributed by atoms with E-state index >= 15 is 0 Å². The molecule has 3 rings (SSSR count). The maximum atomic E-state index is 4.55. The summed E-state index contributed by atoms with van der Waals surface area (Å²) in [6.45, 7) is 3.60. The van der Waals surface area contributed by atoms with Gasteiger partial charge < -0.3 is 10.2 Å². The zero-order valence-electron chi connectivity index (χ0n) is 14.6. The van der Waals surface area contributed by atoms with Crippen LogP contribution in [0.3, 0.4) is 0 Å². The second-order valence-electron chi connectivity index (χ2n) is 6.01. The highest BCUT2D eigenvalue weighted by Gasteiger charge is 2.06. The Morgan fingerprint density at radius 1 is 1.08 bits per heavy atom. The largest absolute Gasteiger partial charge is 0.358 e. The molecule has 1 aromatic carbocycles. The van der Waals surface area contributed by atoms with Gasteiger partial charge in [-0.15, -0.1) is 5.10 Å². The molecule has 128 valence electrons. The molecule has 25 heavy (non-hydrogen) atoms. The van der Waals surface area contributed by atoms with Gasteiger partial charge in [0.25, 0.3) is 0 Å². The van der Waals surface area contributed by atoms with E-state index < -0.39 is 0 Å². The van der Waals surface area contributed by atoms with E-state index in [0.717, 1.165) is 18.8 Å².